The van der Waals surface area contributed by atoms with Gasteiger partial charge in [-0.1, -0.05) is 0 Å². The molecule has 1 aromatic heterocycles. The van der Waals surface area contributed by atoms with Crippen molar-refractivity contribution in [2.45, 2.75) is 32.8 Å². The van der Waals surface area contributed by atoms with Crippen molar-refractivity contribution in [1.29, 1.82) is 0 Å². The number of nitrogens with one attached hydrogen (secondary N) is 1. The van der Waals surface area contributed by atoms with Gasteiger partial charge in [0.05, 0.1) is 11.2 Å². The topological polar surface area (TPSA) is 87.1 Å². The van der Waals surface area contributed by atoms with Crippen molar-refractivity contribution in [2.75, 3.05) is 42.5 Å². The van der Waals surface area contributed by atoms with Crippen LogP contribution in [0, 0.1) is 0 Å². The summed E-state index contributed by atoms with van der Waals surface area (Å²) in [4.78, 5) is 41.7. The monoisotopic (exact) mass is 427 g/mol. The Morgan fingerprint density at radius 2 is 1.77 bits per heavy atom. The number of piperazine rings is 1. The lowest BCUT2D eigenvalue weighted by atomic mass is 10.1. The number of imide groups is 1. The fourth-order valence-electron chi connectivity index (χ4n) is 4.05. The SMILES string of the molecule is Cn1cc(N2CCN(C(=O)OC(C)(C)C)CC2)c2cc(N3CCC(=O)NC3=O)ccc21. The fraction of sp³-hybridized carbons (Fsp3) is 0.500. The minimum atomic E-state index is -0.508. The van der Waals surface area contributed by atoms with Crippen LogP contribution in [0.25, 0.3) is 10.9 Å². The summed E-state index contributed by atoms with van der Waals surface area (Å²) in [6, 6.07) is 5.51. The van der Waals surface area contributed by atoms with Gasteiger partial charge in [0, 0.05) is 63.5 Å². The van der Waals surface area contributed by atoms with Gasteiger partial charge in [0.1, 0.15) is 5.60 Å². The van der Waals surface area contributed by atoms with Crippen molar-refractivity contribution in [3.05, 3.63) is 24.4 Å². The maximum absolute atomic E-state index is 12.4. The average molecular weight is 428 g/mol. The number of carbonyl (C=O) groups excluding carboxylic acids is 3. The predicted molar refractivity (Wildman–Crippen MR) is 118 cm³/mol. The van der Waals surface area contributed by atoms with Gasteiger partial charge in [-0.2, -0.15) is 0 Å². The number of ether oxygens (including phenoxy) is 1. The van der Waals surface area contributed by atoms with Crippen molar-refractivity contribution in [2.24, 2.45) is 7.05 Å². The zero-order valence-electron chi connectivity index (χ0n) is 18.5. The van der Waals surface area contributed by atoms with E-state index in [0.29, 0.717) is 32.7 Å². The first kappa shape index (κ1) is 21.0. The summed E-state index contributed by atoms with van der Waals surface area (Å²) in [6.07, 6.45) is 2.09. The minimum Gasteiger partial charge on any atom is -0.444 e. The molecule has 0 atom stereocenters. The molecule has 0 bridgehead atoms. The van der Waals surface area contributed by atoms with E-state index in [1.807, 2.05) is 46.0 Å². The summed E-state index contributed by atoms with van der Waals surface area (Å²) < 4.78 is 7.55. The molecule has 1 aromatic carbocycles. The number of carbonyl (C=O) groups is 3. The van der Waals surface area contributed by atoms with Gasteiger partial charge < -0.3 is 19.1 Å². The molecular weight excluding hydrogens is 398 g/mol. The summed E-state index contributed by atoms with van der Waals surface area (Å²) >= 11 is 0. The van der Waals surface area contributed by atoms with E-state index in [9.17, 15) is 14.4 Å². The molecule has 0 spiro atoms. The number of rotatable bonds is 2. The zero-order valence-corrected chi connectivity index (χ0v) is 18.5. The molecule has 166 valence electrons. The Morgan fingerprint density at radius 3 is 2.42 bits per heavy atom. The van der Waals surface area contributed by atoms with Gasteiger partial charge in [0.15, 0.2) is 0 Å². The van der Waals surface area contributed by atoms with Gasteiger partial charge >= 0.3 is 12.1 Å². The molecule has 9 nitrogen and oxygen atoms in total. The highest BCUT2D eigenvalue weighted by atomic mass is 16.6. The van der Waals surface area contributed by atoms with Gasteiger partial charge in [-0.3, -0.25) is 15.0 Å². The van der Waals surface area contributed by atoms with E-state index in [1.165, 1.54) is 0 Å². The van der Waals surface area contributed by atoms with Gasteiger partial charge in [-0.25, -0.2) is 9.59 Å². The standard InChI is InChI=1S/C22H29N5O4/c1-22(2,3)31-21(30)26-11-9-25(10-12-26)18-14-24(4)17-6-5-15(13-16(17)18)27-8-7-19(28)23-20(27)29/h5-6,13-14H,7-12H2,1-4H3,(H,23,28,29). The van der Waals surface area contributed by atoms with Crippen LogP contribution in [-0.4, -0.2) is 65.8 Å². The third-order valence-electron chi connectivity index (χ3n) is 5.59. The number of benzene rings is 1. The quantitative estimate of drug-likeness (QED) is 0.796. The molecule has 4 rings (SSSR count). The van der Waals surface area contributed by atoms with Crippen molar-refractivity contribution < 1.29 is 19.1 Å². The highest BCUT2D eigenvalue weighted by Crippen LogP contribution is 2.33. The molecule has 31 heavy (non-hydrogen) atoms. The average Bonchev–Trinajstić information content (AvgIpc) is 3.03. The predicted octanol–water partition coefficient (Wildman–Crippen LogP) is 2.68. The number of urea groups is 1. The molecule has 2 saturated heterocycles. The first-order valence-corrected chi connectivity index (χ1v) is 10.6. The van der Waals surface area contributed by atoms with E-state index in [0.717, 1.165) is 22.3 Å². The minimum absolute atomic E-state index is 0.245. The van der Waals surface area contributed by atoms with Crippen molar-refractivity contribution in [1.82, 2.24) is 14.8 Å². The highest BCUT2D eigenvalue weighted by molar-refractivity contribution is 6.07. The molecule has 0 saturated carbocycles. The van der Waals surface area contributed by atoms with E-state index in [1.54, 1.807) is 9.80 Å². The zero-order chi connectivity index (χ0) is 22.3. The smallest absolute Gasteiger partial charge is 0.410 e. The van der Waals surface area contributed by atoms with Crippen LogP contribution in [0.15, 0.2) is 24.4 Å². The van der Waals surface area contributed by atoms with E-state index in [4.69, 9.17) is 4.74 Å². The maximum atomic E-state index is 12.4. The van der Waals surface area contributed by atoms with E-state index in [-0.39, 0.29) is 24.5 Å². The second kappa shape index (κ2) is 7.79. The molecule has 0 unspecified atom stereocenters. The molecule has 2 aliphatic rings. The van der Waals surface area contributed by atoms with Crippen LogP contribution in [0.3, 0.4) is 0 Å². The molecule has 2 aliphatic heterocycles. The van der Waals surface area contributed by atoms with Crippen LogP contribution in [0.5, 0.6) is 0 Å². The Hall–Kier alpha value is -3.23. The van der Waals surface area contributed by atoms with Gasteiger partial charge in [0.2, 0.25) is 5.91 Å². The van der Waals surface area contributed by atoms with Gasteiger partial charge in [0.25, 0.3) is 0 Å². The fourth-order valence-corrected chi connectivity index (χ4v) is 4.05. The Morgan fingerprint density at radius 1 is 1.06 bits per heavy atom. The molecule has 2 aromatic rings. The van der Waals surface area contributed by atoms with E-state index in [2.05, 4.69) is 21.0 Å². The van der Waals surface area contributed by atoms with Crippen LogP contribution in [0.1, 0.15) is 27.2 Å². The Balaban J connectivity index is 1.54. The number of anilines is 2. The normalized spacial score (nSPS) is 17.9. The maximum Gasteiger partial charge on any atom is 0.410 e. The van der Waals surface area contributed by atoms with Crippen molar-refractivity contribution in [3.8, 4) is 0 Å². The number of aromatic nitrogens is 1. The largest absolute Gasteiger partial charge is 0.444 e. The van der Waals surface area contributed by atoms with Crippen LogP contribution in [0.4, 0.5) is 21.0 Å². The molecule has 4 amide bonds. The Kier molecular flexibility index (Phi) is 5.28. The first-order chi connectivity index (χ1) is 14.6. The number of aryl methyl sites for hydroxylation is 1. The molecule has 0 aliphatic carbocycles. The third-order valence-corrected chi connectivity index (χ3v) is 5.59. The summed E-state index contributed by atoms with van der Waals surface area (Å²) in [5.41, 5.74) is 2.38. The third kappa shape index (κ3) is 4.30. The Labute approximate surface area is 181 Å². The lowest BCUT2D eigenvalue weighted by molar-refractivity contribution is -0.120. The number of amides is 4. The van der Waals surface area contributed by atoms with Crippen molar-refractivity contribution in [3.63, 3.8) is 0 Å². The Bertz CT molecular complexity index is 1030. The summed E-state index contributed by atoms with van der Waals surface area (Å²) in [6.45, 7) is 8.53. The van der Waals surface area contributed by atoms with Gasteiger partial charge in [-0.15, -0.1) is 0 Å². The lowest BCUT2D eigenvalue weighted by Gasteiger charge is -2.36. The van der Waals surface area contributed by atoms with Gasteiger partial charge in [-0.05, 0) is 39.0 Å². The van der Waals surface area contributed by atoms with E-state index < -0.39 is 5.60 Å². The molecule has 1 N–H and O–H groups in total. The summed E-state index contributed by atoms with van der Waals surface area (Å²) in [5, 5.41) is 3.41. The first-order valence-electron chi connectivity index (χ1n) is 10.6. The van der Waals surface area contributed by atoms with Crippen molar-refractivity contribution >= 4 is 40.3 Å². The second-order valence-corrected chi connectivity index (χ2v) is 9.04. The summed E-state index contributed by atoms with van der Waals surface area (Å²) in [5.74, 6) is -0.245. The second-order valence-electron chi connectivity index (χ2n) is 9.04. The molecule has 9 heteroatoms. The van der Waals surface area contributed by atoms with Crippen LogP contribution < -0.4 is 15.1 Å². The van der Waals surface area contributed by atoms with E-state index >= 15 is 0 Å². The van der Waals surface area contributed by atoms with Crippen LogP contribution in [0.2, 0.25) is 0 Å². The molecule has 2 fully saturated rings. The number of nitrogens with zero attached hydrogens (tertiary/aromatic N) is 4. The summed E-state index contributed by atoms with van der Waals surface area (Å²) in [7, 11) is 1.99. The molecular formula is C22H29N5O4. The van der Waals surface area contributed by atoms with Crippen LogP contribution in [-0.2, 0) is 16.6 Å². The number of hydrogen-bond acceptors (Lipinski definition) is 5. The lowest BCUT2D eigenvalue weighted by Crippen LogP contribution is -2.50. The van der Waals surface area contributed by atoms with Crippen LogP contribution >= 0.6 is 0 Å². The molecule has 3 heterocycles. The molecule has 0 radical (unpaired) electrons. The number of hydrogen-bond donors (Lipinski definition) is 1. The highest BCUT2D eigenvalue weighted by Gasteiger charge is 2.28. The number of fused-ring (bicyclic) bond motifs is 1.